The third-order valence-electron chi connectivity index (χ3n) is 2.56. The molecule has 0 amide bonds. The Morgan fingerprint density at radius 1 is 1.50 bits per heavy atom. The van der Waals surface area contributed by atoms with Crippen LogP contribution in [0.4, 0.5) is 0 Å². The first kappa shape index (κ1) is 15.1. The summed E-state index contributed by atoms with van der Waals surface area (Å²) in [5.74, 6) is 0. The van der Waals surface area contributed by atoms with Gasteiger partial charge in [-0.2, -0.15) is 5.10 Å². The van der Waals surface area contributed by atoms with Crippen LogP contribution in [0, 0.1) is 0 Å². The summed E-state index contributed by atoms with van der Waals surface area (Å²) in [7, 11) is -3.51. The predicted molar refractivity (Wildman–Crippen MR) is 70.6 cm³/mol. The van der Waals surface area contributed by atoms with Crippen LogP contribution < -0.4 is 10.5 Å². The van der Waals surface area contributed by atoms with Crippen molar-refractivity contribution in [2.24, 2.45) is 5.73 Å². The number of nitrogens with one attached hydrogen (secondary N) is 1. The van der Waals surface area contributed by atoms with Crippen molar-refractivity contribution >= 4 is 10.0 Å². The van der Waals surface area contributed by atoms with Crippen LogP contribution in [-0.4, -0.2) is 30.3 Å². The van der Waals surface area contributed by atoms with Crippen molar-refractivity contribution in [3.8, 4) is 0 Å². The lowest BCUT2D eigenvalue weighted by Crippen LogP contribution is -2.43. The lowest BCUT2D eigenvalue weighted by Gasteiger charge is -2.24. The quantitative estimate of drug-likeness (QED) is 0.766. The van der Waals surface area contributed by atoms with Gasteiger partial charge in [-0.25, -0.2) is 13.1 Å². The molecule has 1 aromatic rings. The fourth-order valence-corrected chi connectivity index (χ4v) is 3.23. The Morgan fingerprint density at radius 2 is 2.17 bits per heavy atom. The molecule has 3 N–H and O–H groups in total. The number of hydrogen-bond acceptors (Lipinski definition) is 4. The normalized spacial score (nSPS) is 12.9. The second-order valence-electron chi connectivity index (χ2n) is 4.97. The Morgan fingerprint density at radius 3 is 2.72 bits per heavy atom. The highest BCUT2D eigenvalue weighted by molar-refractivity contribution is 7.89. The van der Waals surface area contributed by atoms with E-state index in [4.69, 9.17) is 5.73 Å². The molecular formula is C11H22N4O2S. The van der Waals surface area contributed by atoms with E-state index >= 15 is 0 Å². The van der Waals surface area contributed by atoms with Gasteiger partial charge in [0.2, 0.25) is 10.0 Å². The van der Waals surface area contributed by atoms with Gasteiger partial charge >= 0.3 is 0 Å². The first-order chi connectivity index (χ1) is 8.30. The molecule has 0 fully saturated rings. The fraction of sp³-hybridized carbons (Fsp3) is 0.727. The minimum absolute atomic E-state index is 0.181. The van der Waals surface area contributed by atoms with Gasteiger partial charge in [0.05, 0.1) is 12.7 Å². The molecule has 0 bridgehead atoms. The highest BCUT2D eigenvalue weighted by Crippen LogP contribution is 2.16. The summed E-state index contributed by atoms with van der Waals surface area (Å²) in [4.78, 5) is 0.181. The Hall–Kier alpha value is -0.920. The molecule has 0 spiro atoms. The summed E-state index contributed by atoms with van der Waals surface area (Å²) in [6.45, 7) is 6.70. The summed E-state index contributed by atoms with van der Waals surface area (Å²) >= 11 is 0. The predicted octanol–water partition coefficient (Wildman–Crippen LogP) is 0.699. The standard InChI is InChI=1S/C11H22N4O2S/c1-4-5-11(2,3)14-18(16,17)10-8-13-15(9-10)7-6-12/h8-9,14H,4-7,12H2,1-3H3. The third-order valence-corrected chi connectivity index (χ3v) is 4.22. The van der Waals surface area contributed by atoms with Crippen LogP contribution >= 0.6 is 0 Å². The monoisotopic (exact) mass is 274 g/mol. The molecule has 1 aromatic heterocycles. The third kappa shape index (κ3) is 4.08. The molecule has 1 rings (SSSR count). The van der Waals surface area contributed by atoms with Gasteiger partial charge in [0, 0.05) is 18.3 Å². The maximum absolute atomic E-state index is 12.1. The molecule has 7 heteroatoms. The van der Waals surface area contributed by atoms with E-state index in [1.807, 2.05) is 20.8 Å². The lowest BCUT2D eigenvalue weighted by atomic mass is 10.0. The van der Waals surface area contributed by atoms with Crippen LogP contribution in [0.25, 0.3) is 0 Å². The van der Waals surface area contributed by atoms with Gasteiger partial charge in [0.1, 0.15) is 4.90 Å². The Kier molecular flexibility index (Phi) is 4.89. The molecule has 0 unspecified atom stereocenters. The fourth-order valence-electron chi connectivity index (χ4n) is 1.84. The van der Waals surface area contributed by atoms with Gasteiger partial charge in [0.15, 0.2) is 0 Å². The minimum Gasteiger partial charge on any atom is -0.329 e. The molecule has 0 saturated carbocycles. The summed E-state index contributed by atoms with van der Waals surface area (Å²) in [6, 6.07) is 0. The number of nitrogens with zero attached hydrogens (tertiary/aromatic N) is 2. The van der Waals surface area contributed by atoms with Gasteiger partial charge < -0.3 is 5.73 Å². The van der Waals surface area contributed by atoms with Crippen molar-refractivity contribution in [1.82, 2.24) is 14.5 Å². The average molecular weight is 274 g/mol. The average Bonchev–Trinajstić information content (AvgIpc) is 2.65. The van der Waals surface area contributed by atoms with Crippen molar-refractivity contribution in [3.05, 3.63) is 12.4 Å². The van der Waals surface area contributed by atoms with Crippen molar-refractivity contribution < 1.29 is 8.42 Å². The first-order valence-electron chi connectivity index (χ1n) is 6.07. The van der Waals surface area contributed by atoms with E-state index in [1.54, 1.807) is 0 Å². The Labute approximate surface area is 109 Å². The van der Waals surface area contributed by atoms with Crippen LogP contribution in [-0.2, 0) is 16.6 Å². The van der Waals surface area contributed by atoms with E-state index in [1.165, 1.54) is 17.1 Å². The second-order valence-corrected chi connectivity index (χ2v) is 6.65. The number of hydrogen-bond donors (Lipinski definition) is 2. The molecule has 0 saturated heterocycles. The van der Waals surface area contributed by atoms with Gasteiger partial charge in [0.25, 0.3) is 0 Å². The van der Waals surface area contributed by atoms with Crippen molar-refractivity contribution in [2.75, 3.05) is 6.54 Å². The van der Waals surface area contributed by atoms with Crippen molar-refractivity contribution in [1.29, 1.82) is 0 Å². The van der Waals surface area contributed by atoms with E-state index in [-0.39, 0.29) is 4.90 Å². The molecule has 0 aromatic carbocycles. The SMILES string of the molecule is CCCC(C)(C)NS(=O)(=O)c1cnn(CCN)c1. The lowest BCUT2D eigenvalue weighted by molar-refractivity contribution is 0.417. The van der Waals surface area contributed by atoms with Crippen LogP contribution in [0.2, 0.25) is 0 Å². The van der Waals surface area contributed by atoms with Crippen molar-refractivity contribution in [2.45, 2.75) is 50.6 Å². The molecule has 0 aliphatic carbocycles. The number of rotatable bonds is 7. The summed E-state index contributed by atoms with van der Waals surface area (Å²) < 4.78 is 28.5. The van der Waals surface area contributed by atoms with Crippen molar-refractivity contribution in [3.63, 3.8) is 0 Å². The van der Waals surface area contributed by atoms with E-state index in [0.717, 1.165) is 12.8 Å². The molecule has 0 aliphatic rings. The second kappa shape index (κ2) is 5.81. The molecule has 0 aliphatic heterocycles. The maximum atomic E-state index is 12.1. The Bertz CT molecular complexity index is 479. The van der Waals surface area contributed by atoms with Gasteiger partial charge in [-0.15, -0.1) is 0 Å². The van der Waals surface area contributed by atoms with Gasteiger partial charge in [-0.3, -0.25) is 4.68 Å². The zero-order valence-electron chi connectivity index (χ0n) is 11.2. The van der Waals surface area contributed by atoms with E-state index in [9.17, 15) is 8.42 Å². The highest BCUT2D eigenvalue weighted by Gasteiger charge is 2.26. The van der Waals surface area contributed by atoms with E-state index in [2.05, 4.69) is 9.82 Å². The summed E-state index contributed by atoms with van der Waals surface area (Å²) in [5, 5.41) is 3.97. The summed E-state index contributed by atoms with van der Waals surface area (Å²) in [5.41, 5.74) is 4.94. The van der Waals surface area contributed by atoms with Crippen LogP contribution in [0.1, 0.15) is 33.6 Å². The molecule has 0 radical (unpaired) electrons. The molecule has 6 nitrogen and oxygen atoms in total. The number of sulfonamides is 1. The molecule has 1 heterocycles. The van der Waals surface area contributed by atoms with E-state index < -0.39 is 15.6 Å². The highest BCUT2D eigenvalue weighted by atomic mass is 32.2. The Balaban J connectivity index is 2.85. The van der Waals surface area contributed by atoms with Gasteiger partial charge in [-0.1, -0.05) is 13.3 Å². The maximum Gasteiger partial charge on any atom is 0.244 e. The molecule has 104 valence electrons. The molecule has 0 atom stereocenters. The number of aromatic nitrogens is 2. The number of nitrogens with two attached hydrogens (primary N) is 1. The minimum atomic E-state index is -3.51. The van der Waals surface area contributed by atoms with Gasteiger partial charge in [-0.05, 0) is 20.3 Å². The molecule has 18 heavy (non-hydrogen) atoms. The first-order valence-corrected chi connectivity index (χ1v) is 7.55. The smallest absolute Gasteiger partial charge is 0.244 e. The molecular weight excluding hydrogens is 252 g/mol. The van der Waals surface area contributed by atoms with Crippen LogP contribution in [0.5, 0.6) is 0 Å². The van der Waals surface area contributed by atoms with Crippen LogP contribution in [0.3, 0.4) is 0 Å². The van der Waals surface area contributed by atoms with E-state index in [0.29, 0.717) is 13.1 Å². The zero-order chi connectivity index (χ0) is 13.8. The topological polar surface area (TPSA) is 90.0 Å². The van der Waals surface area contributed by atoms with Crippen LogP contribution in [0.15, 0.2) is 17.3 Å². The largest absolute Gasteiger partial charge is 0.329 e. The summed E-state index contributed by atoms with van der Waals surface area (Å²) in [6.07, 6.45) is 4.54. The zero-order valence-corrected chi connectivity index (χ0v) is 12.0.